The Kier molecular flexibility index (Phi) is 2.73. The second-order valence-electron chi connectivity index (χ2n) is 2.79. The van der Waals surface area contributed by atoms with Crippen molar-refractivity contribution in [2.75, 3.05) is 0 Å². The van der Waals surface area contributed by atoms with Crippen LogP contribution in [0.5, 0.6) is 6.08 Å². The third-order valence-electron chi connectivity index (χ3n) is 1.78. The maximum atomic E-state index is 11.9. The van der Waals surface area contributed by atoms with E-state index < -0.39 is 12.7 Å². The van der Waals surface area contributed by atoms with Gasteiger partial charge < -0.3 is 9.15 Å². The molecule has 0 spiro atoms. The Morgan fingerprint density at radius 3 is 2.93 bits per heavy atom. The topological polar surface area (TPSA) is 35.3 Å². The van der Waals surface area contributed by atoms with Crippen LogP contribution in [-0.4, -0.2) is 11.6 Å². The van der Waals surface area contributed by atoms with Crippen molar-refractivity contribution in [3.05, 3.63) is 23.8 Å². The second-order valence-corrected chi connectivity index (χ2v) is 3.06. The third-order valence-corrected chi connectivity index (χ3v) is 2.09. The number of nitrogens with zero attached hydrogens (tertiary/aromatic N) is 1. The Morgan fingerprint density at radius 2 is 2.27 bits per heavy atom. The molecule has 0 bridgehead atoms. The van der Waals surface area contributed by atoms with Crippen LogP contribution in [0.25, 0.3) is 11.1 Å². The Labute approximate surface area is 88.6 Å². The summed E-state index contributed by atoms with van der Waals surface area (Å²) in [6, 6.07) is 5.01. The molecule has 15 heavy (non-hydrogen) atoms. The fourth-order valence-electron chi connectivity index (χ4n) is 1.16. The average Bonchev–Trinajstić information content (AvgIpc) is 2.57. The highest BCUT2D eigenvalue weighted by molar-refractivity contribution is 6.17. The first-order chi connectivity index (χ1) is 7.19. The van der Waals surface area contributed by atoms with Gasteiger partial charge in [0.05, 0.1) is 0 Å². The molecule has 80 valence electrons. The van der Waals surface area contributed by atoms with Gasteiger partial charge in [-0.15, -0.1) is 11.6 Å². The zero-order valence-corrected chi connectivity index (χ0v) is 8.17. The van der Waals surface area contributed by atoms with Crippen molar-refractivity contribution in [3.8, 4) is 6.08 Å². The molecule has 0 fully saturated rings. The lowest BCUT2D eigenvalue weighted by Crippen LogP contribution is -2.01. The smallest absolute Gasteiger partial charge is 0.399 e. The predicted molar refractivity (Wildman–Crippen MR) is 50.2 cm³/mol. The first kappa shape index (κ1) is 10.2. The standard InChI is InChI=1S/C9H6ClF2NO2/c10-4-5-1-2-6-7(3-5)14-9(13-6)15-8(11)12/h1-3,8H,4H2. The first-order valence-electron chi connectivity index (χ1n) is 4.09. The normalized spacial score (nSPS) is 11.2. The number of aromatic nitrogens is 1. The van der Waals surface area contributed by atoms with Crippen LogP contribution in [0.2, 0.25) is 0 Å². The molecule has 2 aromatic rings. The quantitative estimate of drug-likeness (QED) is 0.764. The predicted octanol–water partition coefficient (Wildman–Crippen LogP) is 3.17. The number of hydrogen-bond acceptors (Lipinski definition) is 3. The van der Waals surface area contributed by atoms with Crippen LogP contribution in [0, 0.1) is 0 Å². The van der Waals surface area contributed by atoms with Gasteiger partial charge in [-0.25, -0.2) is 0 Å². The van der Waals surface area contributed by atoms with Crippen molar-refractivity contribution in [1.82, 2.24) is 4.98 Å². The number of halogens is 3. The maximum absolute atomic E-state index is 11.9. The van der Waals surface area contributed by atoms with Crippen molar-refractivity contribution in [2.45, 2.75) is 12.5 Å². The number of benzene rings is 1. The molecule has 0 amide bonds. The van der Waals surface area contributed by atoms with Gasteiger partial charge in [0.2, 0.25) is 0 Å². The number of ether oxygens (including phenoxy) is 1. The molecule has 2 rings (SSSR count). The van der Waals surface area contributed by atoms with Crippen molar-refractivity contribution >= 4 is 22.7 Å². The van der Waals surface area contributed by atoms with Gasteiger partial charge in [-0.3, -0.25) is 0 Å². The third kappa shape index (κ3) is 2.18. The minimum Gasteiger partial charge on any atom is -0.409 e. The van der Waals surface area contributed by atoms with Crippen molar-refractivity contribution in [3.63, 3.8) is 0 Å². The summed E-state index contributed by atoms with van der Waals surface area (Å²) in [4.78, 5) is 3.72. The lowest BCUT2D eigenvalue weighted by atomic mass is 10.2. The van der Waals surface area contributed by atoms with Crippen LogP contribution in [0.3, 0.4) is 0 Å². The summed E-state index contributed by atoms with van der Waals surface area (Å²) in [5, 5.41) is 0. The molecular formula is C9H6ClF2NO2. The van der Waals surface area contributed by atoms with Crippen LogP contribution < -0.4 is 4.74 Å². The van der Waals surface area contributed by atoms with E-state index in [0.717, 1.165) is 5.56 Å². The summed E-state index contributed by atoms with van der Waals surface area (Å²) in [7, 11) is 0. The Hall–Kier alpha value is -1.36. The molecule has 0 atom stereocenters. The van der Waals surface area contributed by atoms with Crippen molar-refractivity contribution in [2.24, 2.45) is 0 Å². The lowest BCUT2D eigenvalue weighted by Gasteiger charge is -1.95. The monoisotopic (exact) mass is 233 g/mol. The van der Waals surface area contributed by atoms with E-state index in [0.29, 0.717) is 17.0 Å². The van der Waals surface area contributed by atoms with E-state index in [1.807, 2.05) is 0 Å². The van der Waals surface area contributed by atoms with E-state index in [1.165, 1.54) is 0 Å². The van der Waals surface area contributed by atoms with Gasteiger partial charge >= 0.3 is 12.7 Å². The molecule has 6 heteroatoms. The van der Waals surface area contributed by atoms with Crippen LogP contribution in [0.15, 0.2) is 22.6 Å². The molecule has 1 heterocycles. The molecule has 0 saturated carbocycles. The van der Waals surface area contributed by atoms with Gasteiger partial charge in [0, 0.05) is 5.88 Å². The minimum absolute atomic E-state index is 0.321. The highest BCUT2D eigenvalue weighted by Gasteiger charge is 2.11. The maximum Gasteiger partial charge on any atom is 0.399 e. The number of rotatable bonds is 3. The van der Waals surface area contributed by atoms with Gasteiger partial charge in [0.25, 0.3) is 0 Å². The Balaban J connectivity index is 2.37. The summed E-state index contributed by atoms with van der Waals surface area (Å²) in [5.41, 5.74) is 1.66. The summed E-state index contributed by atoms with van der Waals surface area (Å²) in [6.45, 7) is -2.94. The van der Waals surface area contributed by atoms with Gasteiger partial charge in [0.1, 0.15) is 5.52 Å². The summed E-state index contributed by atoms with van der Waals surface area (Å²) in [6.07, 6.45) is -0.438. The zero-order valence-electron chi connectivity index (χ0n) is 7.41. The number of alkyl halides is 3. The molecule has 0 radical (unpaired) electrons. The summed E-state index contributed by atoms with van der Waals surface area (Å²) >= 11 is 5.61. The fraction of sp³-hybridized carbons (Fsp3) is 0.222. The largest absolute Gasteiger partial charge is 0.409 e. The van der Waals surface area contributed by atoms with Crippen LogP contribution in [-0.2, 0) is 5.88 Å². The zero-order chi connectivity index (χ0) is 10.8. The van der Waals surface area contributed by atoms with E-state index in [2.05, 4.69) is 9.72 Å². The van der Waals surface area contributed by atoms with E-state index in [-0.39, 0.29) is 0 Å². The van der Waals surface area contributed by atoms with Crippen LogP contribution in [0.1, 0.15) is 5.56 Å². The molecule has 0 N–H and O–H groups in total. The van der Waals surface area contributed by atoms with Crippen molar-refractivity contribution < 1.29 is 17.9 Å². The fourth-order valence-corrected chi connectivity index (χ4v) is 1.32. The molecule has 0 saturated heterocycles. The van der Waals surface area contributed by atoms with Crippen molar-refractivity contribution in [1.29, 1.82) is 0 Å². The van der Waals surface area contributed by atoms with E-state index in [1.54, 1.807) is 18.2 Å². The minimum atomic E-state index is -2.94. The van der Waals surface area contributed by atoms with E-state index >= 15 is 0 Å². The highest BCUT2D eigenvalue weighted by atomic mass is 35.5. The summed E-state index contributed by atoms with van der Waals surface area (Å²) < 4.78 is 32.7. The van der Waals surface area contributed by atoms with Crippen LogP contribution >= 0.6 is 11.6 Å². The lowest BCUT2D eigenvalue weighted by molar-refractivity contribution is -0.0664. The molecule has 0 aliphatic carbocycles. The molecule has 0 unspecified atom stereocenters. The van der Waals surface area contributed by atoms with Gasteiger partial charge in [-0.05, 0) is 17.7 Å². The molecule has 1 aromatic carbocycles. The van der Waals surface area contributed by atoms with E-state index in [4.69, 9.17) is 16.0 Å². The number of hydrogen-bond donors (Lipinski definition) is 0. The molecular weight excluding hydrogens is 228 g/mol. The molecule has 1 aromatic heterocycles. The summed E-state index contributed by atoms with van der Waals surface area (Å²) in [5.74, 6) is 0.321. The van der Waals surface area contributed by atoms with E-state index in [9.17, 15) is 8.78 Å². The Morgan fingerprint density at radius 1 is 1.47 bits per heavy atom. The average molecular weight is 234 g/mol. The number of oxazole rings is 1. The SMILES string of the molecule is FC(F)Oc1nc2ccc(CCl)cc2o1. The molecule has 0 aliphatic rings. The highest BCUT2D eigenvalue weighted by Crippen LogP contribution is 2.23. The molecule has 3 nitrogen and oxygen atoms in total. The molecule has 0 aliphatic heterocycles. The van der Waals surface area contributed by atoms with Gasteiger partial charge in [-0.1, -0.05) is 6.07 Å². The number of fused-ring (bicyclic) bond motifs is 1. The first-order valence-corrected chi connectivity index (χ1v) is 4.63. The van der Waals surface area contributed by atoms with Gasteiger partial charge in [-0.2, -0.15) is 13.8 Å². The van der Waals surface area contributed by atoms with Gasteiger partial charge in [0.15, 0.2) is 5.58 Å². The second kappa shape index (κ2) is 4.02. The Bertz CT molecular complexity index is 472. The van der Waals surface area contributed by atoms with Crippen LogP contribution in [0.4, 0.5) is 8.78 Å².